The van der Waals surface area contributed by atoms with E-state index in [1.807, 2.05) is 0 Å². The fourth-order valence-corrected chi connectivity index (χ4v) is 3.55. The van der Waals surface area contributed by atoms with Gasteiger partial charge in [0.05, 0.1) is 0 Å². The fourth-order valence-electron chi connectivity index (χ4n) is 2.35. The first-order valence-electron chi connectivity index (χ1n) is 6.55. The third-order valence-electron chi connectivity index (χ3n) is 4.02. The summed E-state index contributed by atoms with van der Waals surface area (Å²) in [6.07, 6.45) is 2.31. The van der Waals surface area contributed by atoms with Gasteiger partial charge in [-0.2, -0.15) is 0 Å². The Balaban J connectivity index is 2.43. The lowest BCUT2D eigenvalue weighted by Gasteiger charge is -2.22. The zero-order valence-corrected chi connectivity index (χ0v) is 12.9. The van der Waals surface area contributed by atoms with E-state index in [9.17, 15) is 4.79 Å². The standard InChI is InChI=1S/C16H22OS/c1-9(16(4,5)6)7-12-11(3)14(17)13-8-10(2)18-15(12)13/h7-8,11-12H,1-6H3/b9-7+/t11-,12-/m0/s1. The minimum Gasteiger partial charge on any atom is -0.294 e. The van der Waals surface area contributed by atoms with Crippen molar-refractivity contribution >= 4 is 17.1 Å². The van der Waals surface area contributed by atoms with Gasteiger partial charge in [0.15, 0.2) is 5.78 Å². The Morgan fingerprint density at radius 2 is 2.00 bits per heavy atom. The summed E-state index contributed by atoms with van der Waals surface area (Å²) in [6, 6.07) is 2.05. The molecule has 2 heteroatoms. The van der Waals surface area contributed by atoms with E-state index in [0.717, 1.165) is 5.56 Å². The number of carbonyl (C=O) groups excluding carboxylic acids is 1. The van der Waals surface area contributed by atoms with E-state index in [2.05, 4.69) is 53.7 Å². The quantitative estimate of drug-likeness (QED) is 0.653. The normalized spacial score (nSPS) is 24.6. The summed E-state index contributed by atoms with van der Waals surface area (Å²) >= 11 is 1.78. The molecule has 0 aliphatic heterocycles. The van der Waals surface area contributed by atoms with Crippen molar-refractivity contribution in [3.63, 3.8) is 0 Å². The molecule has 0 unspecified atom stereocenters. The summed E-state index contributed by atoms with van der Waals surface area (Å²) in [6.45, 7) is 13.0. The van der Waals surface area contributed by atoms with Crippen LogP contribution >= 0.6 is 11.3 Å². The Morgan fingerprint density at radius 3 is 2.56 bits per heavy atom. The predicted molar refractivity (Wildman–Crippen MR) is 78.5 cm³/mol. The average Bonchev–Trinajstić information content (AvgIpc) is 2.71. The van der Waals surface area contributed by atoms with Gasteiger partial charge in [0.2, 0.25) is 0 Å². The molecule has 0 N–H and O–H groups in total. The number of aryl methyl sites for hydroxylation is 1. The molecule has 0 radical (unpaired) electrons. The van der Waals surface area contributed by atoms with Crippen LogP contribution in [0.4, 0.5) is 0 Å². The molecule has 0 aromatic carbocycles. The van der Waals surface area contributed by atoms with Crippen LogP contribution in [0.5, 0.6) is 0 Å². The van der Waals surface area contributed by atoms with E-state index in [-0.39, 0.29) is 17.3 Å². The second kappa shape index (κ2) is 4.34. The van der Waals surface area contributed by atoms with Gasteiger partial charge < -0.3 is 0 Å². The molecule has 1 aliphatic rings. The minimum atomic E-state index is 0.101. The summed E-state index contributed by atoms with van der Waals surface area (Å²) in [4.78, 5) is 14.7. The molecule has 98 valence electrons. The van der Waals surface area contributed by atoms with Crippen molar-refractivity contribution in [2.24, 2.45) is 11.3 Å². The Morgan fingerprint density at radius 1 is 1.39 bits per heavy atom. The van der Waals surface area contributed by atoms with Gasteiger partial charge >= 0.3 is 0 Å². The maximum atomic E-state index is 12.2. The highest BCUT2D eigenvalue weighted by Gasteiger charge is 2.37. The van der Waals surface area contributed by atoms with Crippen LogP contribution in [0.2, 0.25) is 0 Å². The molecular weight excluding hydrogens is 240 g/mol. The number of carbonyl (C=O) groups is 1. The van der Waals surface area contributed by atoms with Gasteiger partial charge in [0.1, 0.15) is 0 Å². The monoisotopic (exact) mass is 262 g/mol. The van der Waals surface area contributed by atoms with Crippen molar-refractivity contribution in [1.29, 1.82) is 0 Å². The van der Waals surface area contributed by atoms with Crippen molar-refractivity contribution in [2.45, 2.75) is 47.5 Å². The lowest BCUT2D eigenvalue weighted by atomic mass is 9.84. The molecule has 1 heterocycles. The molecule has 0 spiro atoms. The maximum absolute atomic E-state index is 12.2. The van der Waals surface area contributed by atoms with E-state index < -0.39 is 0 Å². The van der Waals surface area contributed by atoms with Gasteiger partial charge in [-0.3, -0.25) is 4.79 Å². The van der Waals surface area contributed by atoms with Crippen LogP contribution in [-0.2, 0) is 0 Å². The van der Waals surface area contributed by atoms with Crippen LogP contribution in [0.1, 0.15) is 60.6 Å². The number of hydrogen-bond acceptors (Lipinski definition) is 2. The molecule has 0 saturated carbocycles. The number of fused-ring (bicyclic) bond motifs is 1. The second-order valence-corrected chi connectivity index (χ2v) is 7.70. The minimum absolute atomic E-state index is 0.101. The molecule has 1 aliphatic carbocycles. The van der Waals surface area contributed by atoms with E-state index in [4.69, 9.17) is 0 Å². The van der Waals surface area contributed by atoms with Crippen molar-refractivity contribution < 1.29 is 4.79 Å². The third-order valence-corrected chi connectivity index (χ3v) is 5.17. The van der Waals surface area contributed by atoms with Crippen LogP contribution in [-0.4, -0.2) is 5.78 Å². The Bertz CT molecular complexity index is 514. The van der Waals surface area contributed by atoms with Gasteiger partial charge in [-0.15, -0.1) is 11.3 Å². The topological polar surface area (TPSA) is 17.1 Å². The number of allylic oxidation sites excluding steroid dienone is 2. The summed E-state index contributed by atoms with van der Waals surface area (Å²) in [5.41, 5.74) is 2.51. The summed E-state index contributed by atoms with van der Waals surface area (Å²) in [5, 5.41) is 0. The number of rotatable bonds is 1. The number of ketones is 1. The molecule has 1 nitrogen and oxygen atoms in total. The van der Waals surface area contributed by atoms with Gasteiger partial charge in [0.25, 0.3) is 0 Å². The lowest BCUT2D eigenvalue weighted by Crippen LogP contribution is -2.12. The third kappa shape index (κ3) is 2.18. The zero-order valence-electron chi connectivity index (χ0n) is 12.1. The lowest BCUT2D eigenvalue weighted by molar-refractivity contribution is 0.0940. The van der Waals surface area contributed by atoms with Crippen LogP contribution in [0.3, 0.4) is 0 Å². The SMILES string of the molecule is C/C(=C\[C@@H]1c2sc(C)cc2C(=O)[C@H]1C)C(C)(C)C. The van der Waals surface area contributed by atoms with Crippen molar-refractivity contribution in [2.75, 3.05) is 0 Å². The number of hydrogen-bond donors (Lipinski definition) is 0. The molecule has 0 fully saturated rings. The maximum Gasteiger partial charge on any atom is 0.167 e. The summed E-state index contributed by atoms with van der Waals surface area (Å²) in [5.74, 6) is 0.701. The molecule has 1 aromatic rings. The van der Waals surface area contributed by atoms with E-state index in [0.29, 0.717) is 5.78 Å². The first kappa shape index (κ1) is 13.5. The van der Waals surface area contributed by atoms with E-state index >= 15 is 0 Å². The molecule has 0 bridgehead atoms. The average molecular weight is 262 g/mol. The van der Waals surface area contributed by atoms with E-state index in [1.54, 1.807) is 11.3 Å². The van der Waals surface area contributed by atoms with Crippen molar-refractivity contribution in [3.05, 3.63) is 33.0 Å². The van der Waals surface area contributed by atoms with Crippen molar-refractivity contribution in [3.8, 4) is 0 Å². The first-order valence-corrected chi connectivity index (χ1v) is 7.37. The fraction of sp³-hybridized carbons (Fsp3) is 0.562. The van der Waals surface area contributed by atoms with Gasteiger partial charge in [-0.25, -0.2) is 0 Å². The highest BCUT2D eigenvalue weighted by molar-refractivity contribution is 7.12. The molecule has 0 amide bonds. The van der Waals surface area contributed by atoms with Crippen molar-refractivity contribution in [1.82, 2.24) is 0 Å². The largest absolute Gasteiger partial charge is 0.294 e. The smallest absolute Gasteiger partial charge is 0.167 e. The van der Waals surface area contributed by atoms with Crippen LogP contribution in [0, 0.1) is 18.3 Å². The molecular formula is C16H22OS. The van der Waals surface area contributed by atoms with Crippen LogP contribution in [0.15, 0.2) is 17.7 Å². The summed E-state index contributed by atoms with van der Waals surface area (Å²) < 4.78 is 0. The molecule has 0 saturated heterocycles. The first-order chi connectivity index (χ1) is 8.21. The highest BCUT2D eigenvalue weighted by atomic mass is 32.1. The van der Waals surface area contributed by atoms with Gasteiger partial charge in [-0.1, -0.05) is 39.3 Å². The summed E-state index contributed by atoms with van der Waals surface area (Å²) in [7, 11) is 0. The van der Waals surface area contributed by atoms with Crippen LogP contribution in [0.25, 0.3) is 0 Å². The predicted octanol–water partition coefficient (Wildman–Crippen LogP) is 4.96. The zero-order chi connectivity index (χ0) is 13.7. The van der Waals surface area contributed by atoms with Gasteiger partial charge in [0, 0.05) is 27.2 Å². The molecule has 2 atom stereocenters. The second-order valence-electron chi connectivity index (χ2n) is 6.41. The van der Waals surface area contributed by atoms with Crippen LogP contribution < -0.4 is 0 Å². The van der Waals surface area contributed by atoms with Gasteiger partial charge in [-0.05, 0) is 25.3 Å². The Labute approximate surface area is 114 Å². The Hall–Kier alpha value is -0.890. The molecule has 1 aromatic heterocycles. The molecule has 2 rings (SSSR count). The number of thiophene rings is 1. The Kier molecular flexibility index (Phi) is 3.26. The highest BCUT2D eigenvalue weighted by Crippen LogP contribution is 2.44. The number of Topliss-reactive ketones (excluding diaryl/α,β-unsaturated/α-hetero) is 1. The molecule has 18 heavy (non-hydrogen) atoms. The van der Waals surface area contributed by atoms with E-state index in [1.165, 1.54) is 15.3 Å².